The molecule has 0 unspecified atom stereocenters. The van der Waals surface area contributed by atoms with E-state index in [0.717, 1.165) is 0 Å². The van der Waals surface area contributed by atoms with Crippen LogP contribution in [-0.2, 0) is 4.79 Å². The van der Waals surface area contributed by atoms with Crippen molar-refractivity contribution in [3.05, 3.63) is 36.7 Å². The summed E-state index contributed by atoms with van der Waals surface area (Å²) in [5.41, 5.74) is 5.01. The molecule has 0 atom stereocenters. The van der Waals surface area contributed by atoms with Gasteiger partial charge in [0.15, 0.2) is 0 Å². The topological polar surface area (TPSA) is 46.3 Å². The van der Waals surface area contributed by atoms with Gasteiger partial charge in [-0.25, -0.2) is 0 Å². The number of hydrogen-bond donors (Lipinski definition) is 1. The average molecular weight is 150 g/mol. The van der Waals surface area contributed by atoms with Gasteiger partial charge in [-0.1, -0.05) is 12.2 Å². The maximum Gasteiger partial charge on any atom is 0.237 e. The third-order valence-electron chi connectivity index (χ3n) is 1.23. The number of nitrogens with two attached hydrogens (primary N) is 1. The first-order chi connectivity index (χ1) is 5.29. The first-order valence-corrected chi connectivity index (χ1v) is 3.35. The van der Waals surface area contributed by atoms with Crippen molar-refractivity contribution >= 4 is 5.91 Å². The monoisotopic (exact) mass is 150 g/mol. The summed E-state index contributed by atoms with van der Waals surface area (Å²) in [5.74, 6) is -0.332. The number of amides is 1. The molecule has 0 aromatic heterocycles. The first kappa shape index (κ1) is 7.60. The predicted molar refractivity (Wildman–Crippen MR) is 43.3 cm³/mol. The molecule has 3 heteroatoms. The molecule has 0 bridgehead atoms. The van der Waals surface area contributed by atoms with Gasteiger partial charge in [-0.2, -0.15) is 0 Å². The second kappa shape index (κ2) is 3.61. The Kier molecular flexibility index (Phi) is 2.49. The van der Waals surface area contributed by atoms with Crippen molar-refractivity contribution in [1.82, 2.24) is 4.90 Å². The van der Waals surface area contributed by atoms with Crippen molar-refractivity contribution < 1.29 is 4.79 Å². The summed E-state index contributed by atoms with van der Waals surface area (Å²) in [6, 6.07) is 0. The van der Waals surface area contributed by atoms with Crippen LogP contribution in [-0.4, -0.2) is 17.4 Å². The molecule has 1 heterocycles. The summed E-state index contributed by atoms with van der Waals surface area (Å²) in [5, 5.41) is 0. The number of primary amides is 1. The molecule has 0 aromatic carbocycles. The molecule has 0 saturated heterocycles. The third-order valence-corrected chi connectivity index (χ3v) is 1.23. The summed E-state index contributed by atoms with van der Waals surface area (Å²) in [7, 11) is 0. The highest BCUT2D eigenvalue weighted by Crippen LogP contribution is 1.96. The van der Waals surface area contributed by atoms with E-state index in [1.807, 2.05) is 24.3 Å². The Morgan fingerprint density at radius 3 is 2.18 bits per heavy atom. The first-order valence-electron chi connectivity index (χ1n) is 3.35. The summed E-state index contributed by atoms with van der Waals surface area (Å²) in [6.45, 7) is 0.231. The number of carbonyl (C=O) groups is 1. The Morgan fingerprint density at radius 2 is 1.73 bits per heavy atom. The van der Waals surface area contributed by atoms with Gasteiger partial charge in [-0.15, -0.1) is 0 Å². The number of allylic oxidation sites excluding steroid dienone is 4. The van der Waals surface area contributed by atoms with E-state index in [2.05, 4.69) is 0 Å². The number of hydrogen-bond acceptors (Lipinski definition) is 2. The quantitative estimate of drug-likeness (QED) is 0.618. The molecule has 2 N–H and O–H groups in total. The molecular weight excluding hydrogens is 140 g/mol. The summed E-state index contributed by atoms with van der Waals surface area (Å²) < 4.78 is 0. The van der Waals surface area contributed by atoms with Gasteiger partial charge in [-0.3, -0.25) is 4.79 Å². The molecule has 1 rings (SSSR count). The molecule has 0 spiro atoms. The fourth-order valence-corrected chi connectivity index (χ4v) is 0.784. The van der Waals surface area contributed by atoms with E-state index in [4.69, 9.17) is 5.73 Å². The van der Waals surface area contributed by atoms with Crippen LogP contribution < -0.4 is 5.73 Å². The minimum atomic E-state index is -0.332. The lowest BCUT2D eigenvalue weighted by molar-refractivity contribution is -0.118. The standard InChI is InChI=1S/C8H10N2O/c9-8(11)7-10-5-3-1-2-4-6-10/h1-6H,7H2,(H2,9,11). The van der Waals surface area contributed by atoms with Crippen LogP contribution >= 0.6 is 0 Å². The van der Waals surface area contributed by atoms with Crippen LogP contribution in [0, 0.1) is 0 Å². The second-order valence-electron chi connectivity index (χ2n) is 2.21. The highest BCUT2D eigenvalue weighted by molar-refractivity contribution is 5.76. The Bertz CT molecular complexity index is 212. The minimum Gasteiger partial charge on any atom is -0.368 e. The van der Waals surface area contributed by atoms with E-state index >= 15 is 0 Å². The Hall–Kier alpha value is -1.51. The molecule has 58 valence electrons. The fraction of sp³-hybridized carbons (Fsp3) is 0.125. The van der Waals surface area contributed by atoms with E-state index in [-0.39, 0.29) is 12.5 Å². The van der Waals surface area contributed by atoms with E-state index < -0.39 is 0 Å². The molecule has 0 radical (unpaired) electrons. The van der Waals surface area contributed by atoms with E-state index in [1.165, 1.54) is 0 Å². The largest absolute Gasteiger partial charge is 0.368 e. The van der Waals surface area contributed by atoms with Crippen LogP contribution in [0.15, 0.2) is 36.7 Å². The molecule has 3 nitrogen and oxygen atoms in total. The van der Waals surface area contributed by atoms with E-state index in [1.54, 1.807) is 17.3 Å². The van der Waals surface area contributed by atoms with Gasteiger partial charge >= 0.3 is 0 Å². The maximum absolute atomic E-state index is 10.5. The van der Waals surface area contributed by atoms with Gasteiger partial charge in [0.25, 0.3) is 0 Å². The van der Waals surface area contributed by atoms with Gasteiger partial charge in [-0.05, 0) is 12.2 Å². The molecule has 0 saturated carbocycles. The zero-order valence-electron chi connectivity index (χ0n) is 6.10. The van der Waals surface area contributed by atoms with Crippen molar-refractivity contribution in [3.8, 4) is 0 Å². The van der Waals surface area contributed by atoms with E-state index in [9.17, 15) is 4.79 Å². The number of nitrogens with zero attached hydrogens (tertiary/aromatic N) is 1. The molecule has 0 fully saturated rings. The highest BCUT2D eigenvalue weighted by Gasteiger charge is 1.98. The summed E-state index contributed by atoms with van der Waals surface area (Å²) >= 11 is 0. The Balaban J connectivity index is 2.53. The molecule has 0 aromatic rings. The van der Waals surface area contributed by atoms with Crippen molar-refractivity contribution in [3.63, 3.8) is 0 Å². The molecule has 11 heavy (non-hydrogen) atoms. The smallest absolute Gasteiger partial charge is 0.237 e. The normalized spacial score (nSPS) is 15.1. The van der Waals surface area contributed by atoms with Crippen LogP contribution in [0.25, 0.3) is 0 Å². The van der Waals surface area contributed by atoms with Crippen molar-refractivity contribution in [2.45, 2.75) is 0 Å². The SMILES string of the molecule is NC(=O)CN1C=CC=CC=C1. The molecular formula is C8H10N2O. The number of carbonyl (C=O) groups excluding carboxylic acids is 1. The third kappa shape index (κ3) is 2.71. The van der Waals surface area contributed by atoms with Crippen LogP contribution in [0.1, 0.15) is 0 Å². The average Bonchev–Trinajstić information content (AvgIpc) is 2.14. The summed E-state index contributed by atoms with van der Waals surface area (Å²) in [6.07, 6.45) is 11.1. The second-order valence-corrected chi connectivity index (χ2v) is 2.21. The van der Waals surface area contributed by atoms with Gasteiger partial charge in [0.05, 0.1) is 0 Å². The lowest BCUT2D eigenvalue weighted by Gasteiger charge is -2.10. The van der Waals surface area contributed by atoms with Gasteiger partial charge < -0.3 is 10.6 Å². The van der Waals surface area contributed by atoms with Crippen molar-refractivity contribution in [2.75, 3.05) is 6.54 Å². The van der Waals surface area contributed by atoms with Crippen molar-refractivity contribution in [2.24, 2.45) is 5.73 Å². The molecule has 0 aliphatic carbocycles. The Morgan fingerprint density at radius 1 is 1.18 bits per heavy atom. The zero-order chi connectivity index (χ0) is 8.10. The van der Waals surface area contributed by atoms with Crippen molar-refractivity contribution in [1.29, 1.82) is 0 Å². The van der Waals surface area contributed by atoms with Crippen LogP contribution in [0.3, 0.4) is 0 Å². The van der Waals surface area contributed by atoms with Gasteiger partial charge in [0.1, 0.15) is 6.54 Å². The lowest BCUT2D eigenvalue weighted by Crippen LogP contribution is -2.26. The molecule has 1 amide bonds. The lowest BCUT2D eigenvalue weighted by atomic mass is 10.5. The fourth-order valence-electron chi connectivity index (χ4n) is 0.784. The van der Waals surface area contributed by atoms with E-state index in [0.29, 0.717) is 0 Å². The number of rotatable bonds is 2. The van der Waals surface area contributed by atoms with Gasteiger partial charge in [0, 0.05) is 12.4 Å². The molecule has 1 aliphatic heterocycles. The summed E-state index contributed by atoms with van der Waals surface area (Å²) in [4.78, 5) is 12.2. The van der Waals surface area contributed by atoms with Crippen LogP contribution in [0.2, 0.25) is 0 Å². The maximum atomic E-state index is 10.5. The Labute approximate surface area is 65.5 Å². The van der Waals surface area contributed by atoms with Gasteiger partial charge in [0.2, 0.25) is 5.91 Å². The highest BCUT2D eigenvalue weighted by atomic mass is 16.1. The predicted octanol–water partition coefficient (Wildman–Crippen LogP) is 0.371. The van der Waals surface area contributed by atoms with Crippen LogP contribution in [0.5, 0.6) is 0 Å². The minimum absolute atomic E-state index is 0.231. The zero-order valence-corrected chi connectivity index (χ0v) is 6.10. The van der Waals surface area contributed by atoms with Crippen LogP contribution in [0.4, 0.5) is 0 Å². The molecule has 1 aliphatic rings.